The Bertz CT molecular complexity index is 671. The van der Waals surface area contributed by atoms with Gasteiger partial charge in [-0.2, -0.15) is 0 Å². The van der Waals surface area contributed by atoms with Crippen LogP contribution in [0.15, 0.2) is 0 Å². The molecule has 0 saturated heterocycles. The highest BCUT2D eigenvalue weighted by atomic mass is 31.1. The van der Waals surface area contributed by atoms with Gasteiger partial charge in [0.15, 0.2) is 19.2 Å². The van der Waals surface area contributed by atoms with Crippen molar-refractivity contribution in [1.29, 1.82) is 0 Å². The minimum Gasteiger partial charge on any atom is -0.360 e. The van der Waals surface area contributed by atoms with E-state index in [1.165, 1.54) is 77.0 Å². The largest absolute Gasteiger partial charge is 0.360 e. The monoisotopic (exact) mass is 570 g/mol. The van der Waals surface area contributed by atoms with Gasteiger partial charge in [-0.25, -0.2) is 0 Å². The Morgan fingerprint density at radius 2 is 1.13 bits per heavy atom. The molecule has 0 spiro atoms. The predicted octanol–water partition coefficient (Wildman–Crippen LogP) is 7.28. The summed E-state index contributed by atoms with van der Waals surface area (Å²) in [5.74, 6) is -0.197. The van der Waals surface area contributed by atoms with Crippen LogP contribution >= 0.6 is 8.15 Å². The van der Waals surface area contributed by atoms with Crippen molar-refractivity contribution in [3.63, 3.8) is 0 Å². The van der Waals surface area contributed by atoms with Gasteiger partial charge in [0, 0.05) is 44.7 Å². The summed E-state index contributed by atoms with van der Waals surface area (Å²) in [5, 5.41) is 2.78. The van der Waals surface area contributed by atoms with E-state index in [9.17, 15) is 24.1 Å². The number of hydrogen-bond donors (Lipinski definition) is 2. The molecule has 1 amide bonds. The average molecular weight is 571 g/mol. The zero-order chi connectivity index (χ0) is 29.3. The Morgan fingerprint density at radius 1 is 0.641 bits per heavy atom. The van der Waals surface area contributed by atoms with E-state index in [2.05, 4.69) is 12.2 Å². The molecule has 0 aromatic heterocycles. The number of carbonyl (C=O) groups excluding carboxylic acids is 4. The highest BCUT2D eigenvalue weighted by molar-refractivity contribution is 7.84. The number of ketones is 1. The topological polar surface area (TPSA) is 104 Å². The third-order valence-corrected chi connectivity index (χ3v) is 8.39. The van der Waals surface area contributed by atoms with Crippen molar-refractivity contribution in [2.75, 3.05) is 20.6 Å². The van der Waals surface area contributed by atoms with Gasteiger partial charge in [-0.15, -0.1) is 0 Å². The molecule has 8 heteroatoms. The van der Waals surface area contributed by atoms with Gasteiger partial charge in [0.1, 0.15) is 5.78 Å². The molecular weight excluding hydrogens is 511 g/mol. The van der Waals surface area contributed by atoms with Crippen LogP contribution in [0.1, 0.15) is 149 Å². The van der Waals surface area contributed by atoms with Crippen LogP contribution < -0.4 is 5.32 Å². The summed E-state index contributed by atoms with van der Waals surface area (Å²) in [6.07, 6.45) is 20.4. The standard InChI is InChI=1S/C31H59N2O5P/c1-5-7-8-9-10-11-12-13-14-15-16-17-18-19-20-22-28(34)25-27(32-29(35)21-6-2)26-31(37)39(38)30(36)23-24-33(3)4/h27,38H,5-26H2,1-4H3,(H,32,35). The van der Waals surface area contributed by atoms with Crippen LogP contribution in [0.25, 0.3) is 0 Å². The molecular formula is C31H59N2O5P. The molecule has 2 unspecified atom stereocenters. The maximum absolute atomic E-state index is 12.6. The van der Waals surface area contributed by atoms with Crippen molar-refractivity contribution in [2.24, 2.45) is 0 Å². The lowest BCUT2D eigenvalue weighted by Crippen LogP contribution is -2.38. The van der Waals surface area contributed by atoms with Gasteiger partial charge in [-0.1, -0.05) is 104 Å². The molecule has 0 bridgehead atoms. The van der Waals surface area contributed by atoms with Crippen LogP contribution in [0.3, 0.4) is 0 Å². The number of Topliss-reactive ketones (excluding diaryl/α,β-unsaturated/α-hetero) is 1. The second-order valence-electron chi connectivity index (χ2n) is 11.3. The molecule has 2 N–H and O–H groups in total. The minimum atomic E-state index is -2.42. The highest BCUT2D eigenvalue weighted by Gasteiger charge is 2.28. The number of amides is 1. The van der Waals surface area contributed by atoms with Crippen molar-refractivity contribution >= 4 is 30.9 Å². The van der Waals surface area contributed by atoms with Gasteiger partial charge in [0.05, 0.1) is 0 Å². The number of rotatable bonds is 28. The lowest BCUT2D eigenvalue weighted by molar-refractivity contribution is -0.123. The maximum atomic E-state index is 12.6. The predicted molar refractivity (Wildman–Crippen MR) is 163 cm³/mol. The van der Waals surface area contributed by atoms with E-state index >= 15 is 0 Å². The normalized spacial score (nSPS) is 12.9. The first kappa shape index (κ1) is 37.8. The molecule has 0 aliphatic rings. The summed E-state index contributed by atoms with van der Waals surface area (Å²) in [6, 6.07) is -0.667. The summed E-state index contributed by atoms with van der Waals surface area (Å²) in [4.78, 5) is 61.5. The lowest BCUT2D eigenvalue weighted by atomic mass is 10.0. The Labute approximate surface area is 240 Å². The van der Waals surface area contributed by atoms with E-state index in [0.29, 0.717) is 25.8 Å². The fourth-order valence-electron chi connectivity index (χ4n) is 4.63. The summed E-state index contributed by atoms with van der Waals surface area (Å²) in [6.45, 7) is 4.60. The van der Waals surface area contributed by atoms with E-state index in [4.69, 9.17) is 0 Å². The summed E-state index contributed by atoms with van der Waals surface area (Å²) in [7, 11) is 1.22. The molecule has 0 heterocycles. The highest BCUT2D eigenvalue weighted by Crippen LogP contribution is 2.35. The molecule has 0 rings (SSSR count). The third-order valence-electron chi connectivity index (χ3n) is 7.04. The molecule has 0 saturated carbocycles. The number of hydrogen-bond acceptors (Lipinski definition) is 6. The van der Waals surface area contributed by atoms with Gasteiger partial charge in [-0.3, -0.25) is 19.2 Å². The molecule has 39 heavy (non-hydrogen) atoms. The van der Waals surface area contributed by atoms with Crippen LogP contribution in [0, 0.1) is 0 Å². The number of unbranched alkanes of at least 4 members (excludes halogenated alkanes) is 14. The SMILES string of the molecule is CCCCCCCCCCCCCCCCCC(=O)CC(CC(=O)P(O)C(=O)CCN(C)C)NC(=O)CCC. The van der Waals surface area contributed by atoms with Crippen LogP contribution in [0.4, 0.5) is 0 Å². The summed E-state index contributed by atoms with van der Waals surface area (Å²) < 4.78 is 0. The Kier molecular flexibility index (Phi) is 25.0. The molecule has 228 valence electrons. The number of nitrogens with zero attached hydrogens (tertiary/aromatic N) is 1. The van der Waals surface area contributed by atoms with Gasteiger partial charge >= 0.3 is 0 Å². The summed E-state index contributed by atoms with van der Waals surface area (Å²) >= 11 is 0. The fourth-order valence-corrected chi connectivity index (χ4v) is 5.62. The van der Waals surface area contributed by atoms with Gasteiger partial charge in [0.25, 0.3) is 0 Å². The number of nitrogens with one attached hydrogen (secondary N) is 1. The van der Waals surface area contributed by atoms with Crippen molar-refractivity contribution in [3.05, 3.63) is 0 Å². The van der Waals surface area contributed by atoms with E-state index < -0.39 is 25.2 Å². The van der Waals surface area contributed by atoms with Crippen LogP contribution in [0.2, 0.25) is 0 Å². The molecule has 0 aliphatic carbocycles. The first-order valence-corrected chi connectivity index (χ1v) is 17.0. The first-order chi connectivity index (χ1) is 18.7. The maximum Gasteiger partial charge on any atom is 0.220 e. The van der Waals surface area contributed by atoms with Crippen molar-refractivity contribution < 1.29 is 24.1 Å². The minimum absolute atomic E-state index is 0.0143. The molecule has 0 radical (unpaired) electrons. The Hall–Kier alpha value is -1.17. The van der Waals surface area contributed by atoms with Gasteiger partial charge in [-0.05, 0) is 26.9 Å². The van der Waals surface area contributed by atoms with E-state index in [1.807, 2.05) is 25.9 Å². The molecule has 7 nitrogen and oxygen atoms in total. The number of carbonyl (C=O) groups is 4. The quantitative estimate of drug-likeness (QED) is 0.0757. The smallest absolute Gasteiger partial charge is 0.220 e. The Balaban J connectivity index is 4.17. The van der Waals surface area contributed by atoms with Crippen LogP contribution in [-0.4, -0.2) is 59.2 Å². The molecule has 0 fully saturated rings. The third kappa shape index (κ3) is 23.3. The van der Waals surface area contributed by atoms with E-state index in [1.54, 1.807) is 0 Å². The van der Waals surface area contributed by atoms with E-state index in [0.717, 1.165) is 19.3 Å². The zero-order valence-corrected chi connectivity index (χ0v) is 26.5. The molecule has 0 aliphatic heterocycles. The summed E-state index contributed by atoms with van der Waals surface area (Å²) in [5.41, 5.74) is -1.04. The lowest BCUT2D eigenvalue weighted by Gasteiger charge is -2.19. The van der Waals surface area contributed by atoms with Crippen LogP contribution in [-0.2, 0) is 19.2 Å². The van der Waals surface area contributed by atoms with Gasteiger partial charge in [0.2, 0.25) is 5.91 Å². The second kappa shape index (κ2) is 25.8. The van der Waals surface area contributed by atoms with Crippen molar-refractivity contribution in [2.45, 2.75) is 155 Å². The second-order valence-corrected chi connectivity index (χ2v) is 12.9. The average Bonchev–Trinajstić information content (AvgIpc) is 2.88. The zero-order valence-electron chi connectivity index (χ0n) is 25.6. The van der Waals surface area contributed by atoms with Gasteiger partial charge < -0.3 is 15.1 Å². The Morgan fingerprint density at radius 3 is 1.59 bits per heavy atom. The first-order valence-electron chi connectivity index (χ1n) is 15.7. The molecule has 0 aromatic carbocycles. The van der Waals surface area contributed by atoms with Crippen LogP contribution in [0.5, 0.6) is 0 Å². The fraction of sp³-hybridized carbons (Fsp3) is 0.871. The van der Waals surface area contributed by atoms with E-state index in [-0.39, 0.29) is 31.0 Å². The van der Waals surface area contributed by atoms with Crippen molar-refractivity contribution in [1.82, 2.24) is 10.2 Å². The molecule has 2 atom stereocenters. The molecule has 0 aromatic rings. The van der Waals surface area contributed by atoms with Crippen molar-refractivity contribution in [3.8, 4) is 0 Å².